The summed E-state index contributed by atoms with van der Waals surface area (Å²) in [5.41, 5.74) is 10.6. The lowest BCUT2D eigenvalue weighted by molar-refractivity contribution is -0.112. The van der Waals surface area contributed by atoms with Gasteiger partial charge in [0.1, 0.15) is 0 Å². The molecule has 0 heterocycles. The molecule has 1 heteroatoms. The van der Waals surface area contributed by atoms with Crippen molar-refractivity contribution in [3.63, 3.8) is 0 Å². The molecule has 0 amide bonds. The van der Waals surface area contributed by atoms with Crippen molar-refractivity contribution in [1.29, 1.82) is 0 Å². The highest BCUT2D eigenvalue weighted by molar-refractivity contribution is 5.23. The van der Waals surface area contributed by atoms with Crippen molar-refractivity contribution in [3.8, 4) is 0 Å². The number of rotatable bonds is 3. The maximum absolute atomic E-state index is 6.80. The van der Waals surface area contributed by atoms with E-state index in [2.05, 4.69) is 38.1 Å². The van der Waals surface area contributed by atoms with E-state index in [1.165, 1.54) is 49.7 Å². The molecule has 1 aromatic carbocycles. The second-order valence-corrected chi connectivity index (χ2v) is 8.93. The minimum Gasteiger partial charge on any atom is -0.327 e. The molecule has 114 valence electrons. The lowest BCUT2D eigenvalue weighted by Gasteiger charge is -2.63. The van der Waals surface area contributed by atoms with Crippen LogP contribution in [0.1, 0.15) is 56.6 Å². The molecule has 4 aliphatic rings. The highest BCUT2D eigenvalue weighted by Crippen LogP contribution is 2.66. The van der Waals surface area contributed by atoms with Crippen LogP contribution in [0.4, 0.5) is 0 Å². The molecule has 2 N–H and O–H groups in total. The van der Waals surface area contributed by atoms with E-state index in [1.54, 1.807) is 0 Å². The summed E-state index contributed by atoms with van der Waals surface area (Å²) in [6, 6.07) is 9.35. The van der Waals surface area contributed by atoms with Crippen LogP contribution in [0.15, 0.2) is 24.3 Å². The number of nitrogens with two attached hydrogens (primary N) is 1. The Morgan fingerprint density at radius 3 is 2.29 bits per heavy atom. The molecule has 0 radical (unpaired) electrons. The van der Waals surface area contributed by atoms with Gasteiger partial charge in [-0.3, -0.25) is 0 Å². The first-order valence-electron chi connectivity index (χ1n) is 8.78. The molecule has 4 aliphatic carbocycles. The van der Waals surface area contributed by atoms with E-state index in [1.807, 2.05) is 0 Å². The zero-order chi connectivity index (χ0) is 14.7. The third kappa shape index (κ3) is 2.34. The molecule has 4 fully saturated rings. The third-order valence-corrected chi connectivity index (χ3v) is 6.76. The molecule has 5 rings (SSSR count). The number of aryl methyl sites for hydroxylation is 1. The van der Waals surface area contributed by atoms with E-state index < -0.39 is 0 Å². The van der Waals surface area contributed by atoms with Gasteiger partial charge >= 0.3 is 0 Å². The predicted octanol–water partition coefficient (Wildman–Crippen LogP) is 4.47. The van der Waals surface area contributed by atoms with Gasteiger partial charge in [-0.1, -0.05) is 36.8 Å². The van der Waals surface area contributed by atoms with Crippen molar-refractivity contribution in [2.24, 2.45) is 28.4 Å². The Morgan fingerprint density at radius 1 is 1.10 bits per heavy atom. The summed E-state index contributed by atoms with van der Waals surface area (Å²) in [4.78, 5) is 0. The predicted molar refractivity (Wildman–Crippen MR) is 88.1 cm³/mol. The van der Waals surface area contributed by atoms with Gasteiger partial charge in [-0.05, 0) is 80.1 Å². The van der Waals surface area contributed by atoms with Crippen molar-refractivity contribution >= 4 is 0 Å². The van der Waals surface area contributed by atoms with Gasteiger partial charge in [0.25, 0.3) is 0 Å². The molecular weight excluding hydrogens is 254 g/mol. The van der Waals surface area contributed by atoms with E-state index in [0.717, 1.165) is 18.3 Å². The Morgan fingerprint density at radius 2 is 1.71 bits per heavy atom. The van der Waals surface area contributed by atoms with Crippen LogP contribution in [0, 0.1) is 29.6 Å². The topological polar surface area (TPSA) is 26.0 Å². The average Bonchev–Trinajstić information content (AvgIpc) is 2.38. The summed E-state index contributed by atoms with van der Waals surface area (Å²) < 4.78 is 0. The Bertz CT molecular complexity index is 515. The van der Waals surface area contributed by atoms with Crippen LogP contribution in [0.5, 0.6) is 0 Å². The van der Waals surface area contributed by atoms with Gasteiger partial charge in [-0.25, -0.2) is 0 Å². The summed E-state index contributed by atoms with van der Waals surface area (Å²) in [6.07, 6.45) is 9.72. The summed E-state index contributed by atoms with van der Waals surface area (Å²) >= 11 is 0. The number of hydrogen-bond donors (Lipinski definition) is 1. The zero-order valence-electron chi connectivity index (χ0n) is 13.6. The van der Waals surface area contributed by atoms with Crippen molar-refractivity contribution in [2.75, 3.05) is 0 Å². The van der Waals surface area contributed by atoms with Crippen molar-refractivity contribution in [1.82, 2.24) is 0 Å². The highest BCUT2D eigenvalue weighted by Gasteiger charge is 2.57. The fourth-order valence-corrected chi connectivity index (χ4v) is 6.43. The molecular formula is C20H29N. The SMILES string of the molecule is Cc1ccc(CC(N)C23CC4CC(CC(C)(C4)C2)C3)cc1. The summed E-state index contributed by atoms with van der Waals surface area (Å²) in [7, 11) is 0. The smallest absolute Gasteiger partial charge is 0.0137 e. The van der Waals surface area contributed by atoms with Gasteiger partial charge in [0, 0.05) is 6.04 Å². The normalized spacial score (nSPS) is 42.2. The fourth-order valence-electron chi connectivity index (χ4n) is 6.43. The monoisotopic (exact) mass is 283 g/mol. The molecule has 21 heavy (non-hydrogen) atoms. The molecule has 0 aromatic heterocycles. The van der Waals surface area contributed by atoms with Crippen LogP contribution >= 0.6 is 0 Å². The number of hydrogen-bond acceptors (Lipinski definition) is 1. The Kier molecular flexibility index (Phi) is 3.02. The first-order chi connectivity index (χ1) is 9.96. The van der Waals surface area contributed by atoms with Gasteiger partial charge in [0.05, 0.1) is 0 Å². The van der Waals surface area contributed by atoms with Crippen LogP contribution in [0.3, 0.4) is 0 Å². The summed E-state index contributed by atoms with van der Waals surface area (Å²) in [6.45, 7) is 4.70. The fraction of sp³-hybridized carbons (Fsp3) is 0.700. The molecule has 0 saturated heterocycles. The third-order valence-electron chi connectivity index (χ3n) is 6.76. The van der Waals surface area contributed by atoms with Gasteiger partial charge in [0.15, 0.2) is 0 Å². The highest BCUT2D eigenvalue weighted by atomic mass is 14.7. The number of benzene rings is 1. The van der Waals surface area contributed by atoms with Crippen molar-refractivity contribution < 1.29 is 0 Å². The van der Waals surface area contributed by atoms with E-state index in [-0.39, 0.29) is 0 Å². The standard InChI is InChI=1S/C20H29N/c1-14-3-5-15(6-4-14)8-18(21)20-11-16-7-17(12-20)10-19(2,9-16)13-20/h3-6,16-18H,7-13,21H2,1-2H3. The minimum atomic E-state index is 0.352. The molecule has 4 saturated carbocycles. The van der Waals surface area contributed by atoms with E-state index >= 15 is 0 Å². The summed E-state index contributed by atoms with van der Waals surface area (Å²) in [5, 5.41) is 0. The van der Waals surface area contributed by atoms with E-state index in [4.69, 9.17) is 5.73 Å². The first kappa shape index (κ1) is 13.8. The second kappa shape index (κ2) is 4.59. The van der Waals surface area contributed by atoms with Crippen molar-refractivity contribution in [2.45, 2.75) is 64.8 Å². The average molecular weight is 283 g/mol. The largest absolute Gasteiger partial charge is 0.327 e. The molecule has 0 spiro atoms. The van der Waals surface area contributed by atoms with Gasteiger partial charge < -0.3 is 5.73 Å². The maximum Gasteiger partial charge on any atom is 0.0137 e. The van der Waals surface area contributed by atoms with Crippen LogP contribution in [0.25, 0.3) is 0 Å². The van der Waals surface area contributed by atoms with Crippen LogP contribution < -0.4 is 5.73 Å². The van der Waals surface area contributed by atoms with Crippen LogP contribution in [0.2, 0.25) is 0 Å². The molecule has 1 aromatic rings. The van der Waals surface area contributed by atoms with Gasteiger partial charge in [0.2, 0.25) is 0 Å². The Hall–Kier alpha value is -0.820. The minimum absolute atomic E-state index is 0.352. The Labute approximate surface area is 129 Å². The molecule has 3 atom stereocenters. The maximum atomic E-state index is 6.80. The molecule has 1 nitrogen and oxygen atoms in total. The van der Waals surface area contributed by atoms with E-state index in [0.29, 0.717) is 16.9 Å². The second-order valence-electron chi connectivity index (χ2n) is 8.93. The Balaban J connectivity index is 1.56. The summed E-state index contributed by atoms with van der Waals surface area (Å²) in [5.74, 6) is 1.95. The lowest BCUT2D eigenvalue weighted by atomic mass is 9.43. The van der Waals surface area contributed by atoms with Gasteiger partial charge in [-0.15, -0.1) is 0 Å². The zero-order valence-corrected chi connectivity index (χ0v) is 13.6. The first-order valence-corrected chi connectivity index (χ1v) is 8.78. The molecule has 0 aliphatic heterocycles. The molecule has 3 unspecified atom stereocenters. The molecule has 4 bridgehead atoms. The quantitative estimate of drug-likeness (QED) is 0.870. The van der Waals surface area contributed by atoms with Crippen LogP contribution in [-0.2, 0) is 6.42 Å². The van der Waals surface area contributed by atoms with Gasteiger partial charge in [-0.2, -0.15) is 0 Å². The van der Waals surface area contributed by atoms with Crippen molar-refractivity contribution in [3.05, 3.63) is 35.4 Å². The lowest BCUT2D eigenvalue weighted by Crippen LogP contribution is -2.58. The van der Waals surface area contributed by atoms with E-state index in [9.17, 15) is 0 Å². The van der Waals surface area contributed by atoms with Crippen LogP contribution in [-0.4, -0.2) is 6.04 Å².